The number of anilines is 1. The molecule has 1 aliphatic heterocycles. The van der Waals surface area contributed by atoms with Crippen molar-refractivity contribution in [3.63, 3.8) is 0 Å². The first-order valence-electron chi connectivity index (χ1n) is 6.02. The van der Waals surface area contributed by atoms with E-state index in [0.717, 1.165) is 0 Å². The van der Waals surface area contributed by atoms with E-state index in [1.54, 1.807) is 13.1 Å². The first-order valence-corrected chi connectivity index (χ1v) is 6.02. The molecular weight excluding hydrogens is 235 g/mol. The van der Waals surface area contributed by atoms with Crippen LogP contribution in [0, 0.1) is 5.82 Å². The Bertz CT molecular complexity index is 431. The molecule has 98 valence electrons. The van der Waals surface area contributed by atoms with Gasteiger partial charge in [-0.1, -0.05) is 0 Å². The first-order chi connectivity index (χ1) is 8.72. The van der Waals surface area contributed by atoms with E-state index in [4.69, 9.17) is 4.74 Å². The Morgan fingerprint density at radius 2 is 2.17 bits per heavy atom. The van der Waals surface area contributed by atoms with E-state index in [1.165, 1.54) is 12.1 Å². The maximum absolute atomic E-state index is 13.4. The molecule has 0 bridgehead atoms. The van der Waals surface area contributed by atoms with Crippen molar-refractivity contribution in [3.05, 3.63) is 29.6 Å². The molecule has 1 N–H and O–H groups in total. The summed E-state index contributed by atoms with van der Waals surface area (Å²) >= 11 is 0. The van der Waals surface area contributed by atoms with Gasteiger partial charge in [0.15, 0.2) is 5.78 Å². The highest BCUT2D eigenvalue weighted by molar-refractivity contribution is 6.02. The maximum atomic E-state index is 13.4. The molecule has 0 amide bonds. The van der Waals surface area contributed by atoms with Crippen molar-refractivity contribution in [2.75, 3.05) is 44.8 Å². The van der Waals surface area contributed by atoms with Crippen LogP contribution in [0.5, 0.6) is 0 Å². The van der Waals surface area contributed by atoms with E-state index in [-0.39, 0.29) is 18.1 Å². The third-order valence-electron chi connectivity index (χ3n) is 2.95. The quantitative estimate of drug-likeness (QED) is 0.814. The minimum absolute atomic E-state index is 0.0287. The van der Waals surface area contributed by atoms with Gasteiger partial charge in [0.1, 0.15) is 5.82 Å². The number of likely N-dealkylation sites (N-methyl/N-ethyl adjacent to an activating group) is 1. The largest absolute Gasteiger partial charge is 0.378 e. The number of ether oxygens (including phenoxy) is 1. The number of rotatable bonds is 4. The Kier molecular flexibility index (Phi) is 4.28. The van der Waals surface area contributed by atoms with E-state index >= 15 is 0 Å². The number of morpholine rings is 1. The van der Waals surface area contributed by atoms with Crippen molar-refractivity contribution in [2.45, 2.75) is 0 Å². The molecule has 2 rings (SSSR count). The lowest BCUT2D eigenvalue weighted by atomic mass is 10.1. The number of halogens is 1. The number of Topliss-reactive ketones (excluding diaryl/α,β-unsaturated/α-hetero) is 1. The summed E-state index contributed by atoms with van der Waals surface area (Å²) in [4.78, 5) is 14.0. The van der Waals surface area contributed by atoms with Gasteiger partial charge in [0.25, 0.3) is 0 Å². The molecule has 1 heterocycles. The van der Waals surface area contributed by atoms with Crippen LogP contribution in [0.1, 0.15) is 10.4 Å². The SMILES string of the molecule is CNCC(=O)c1ccc(F)cc1N1CCOCC1. The third kappa shape index (κ3) is 2.86. The smallest absolute Gasteiger partial charge is 0.178 e. The van der Waals surface area contributed by atoms with E-state index < -0.39 is 0 Å². The molecule has 1 saturated heterocycles. The zero-order valence-corrected chi connectivity index (χ0v) is 10.4. The monoisotopic (exact) mass is 252 g/mol. The average Bonchev–Trinajstić information content (AvgIpc) is 2.40. The van der Waals surface area contributed by atoms with Crippen LogP contribution in [-0.4, -0.2) is 45.7 Å². The number of carbonyl (C=O) groups excluding carboxylic acids is 1. The lowest BCUT2D eigenvalue weighted by molar-refractivity contribution is 0.0991. The minimum atomic E-state index is -0.322. The predicted molar refractivity (Wildman–Crippen MR) is 67.7 cm³/mol. The molecule has 1 aromatic carbocycles. The Morgan fingerprint density at radius 3 is 2.83 bits per heavy atom. The molecule has 0 radical (unpaired) electrons. The van der Waals surface area contributed by atoms with Crippen LogP contribution in [0.4, 0.5) is 10.1 Å². The van der Waals surface area contributed by atoms with Crippen molar-refractivity contribution < 1.29 is 13.9 Å². The van der Waals surface area contributed by atoms with Crippen molar-refractivity contribution in [1.82, 2.24) is 5.32 Å². The van der Waals surface area contributed by atoms with Gasteiger partial charge in [0.2, 0.25) is 0 Å². The second-order valence-electron chi connectivity index (χ2n) is 4.21. The number of benzene rings is 1. The highest BCUT2D eigenvalue weighted by atomic mass is 19.1. The zero-order valence-electron chi connectivity index (χ0n) is 10.4. The Morgan fingerprint density at radius 1 is 1.44 bits per heavy atom. The first kappa shape index (κ1) is 13.0. The lowest BCUT2D eigenvalue weighted by Crippen LogP contribution is -2.37. The molecule has 18 heavy (non-hydrogen) atoms. The fourth-order valence-electron chi connectivity index (χ4n) is 2.06. The van der Waals surface area contributed by atoms with Crippen molar-refractivity contribution in [3.8, 4) is 0 Å². The van der Waals surface area contributed by atoms with Gasteiger partial charge in [-0.25, -0.2) is 4.39 Å². The molecular formula is C13H17FN2O2. The highest BCUT2D eigenvalue weighted by Crippen LogP contribution is 2.23. The van der Waals surface area contributed by atoms with E-state index in [2.05, 4.69) is 5.32 Å². The molecule has 0 unspecified atom stereocenters. The summed E-state index contributed by atoms with van der Waals surface area (Å²) in [5.41, 5.74) is 1.23. The summed E-state index contributed by atoms with van der Waals surface area (Å²) in [6.07, 6.45) is 0. The molecule has 1 aromatic rings. The third-order valence-corrected chi connectivity index (χ3v) is 2.95. The second kappa shape index (κ2) is 5.93. The van der Waals surface area contributed by atoms with Crippen molar-refractivity contribution in [1.29, 1.82) is 0 Å². The highest BCUT2D eigenvalue weighted by Gasteiger charge is 2.19. The van der Waals surface area contributed by atoms with E-state index in [0.29, 0.717) is 37.6 Å². The number of hydrogen-bond acceptors (Lipinski definition) is 4. The van der Waals surface area contributed by atoms with Gasteiger partial charge in [-0.2, -0.15) is 0 Å². The molecule has 1 fully saturated rings. The van der Waals surface area contributed by atoms with Crippen LogP contribution in [0.15, 0.2) is 18.2 Å². The Hall–Kier alpha value is -1.46. The summed E-state index contributed by atoms with van der Waals surface area (Å²) in [5.74, 6) is -0.350. The standard InChI is InChI=1S/C13H17FN2O2/c1-15-9-13(17)11-3-2-10(14)8-12(11)16-4-6-18-7-5-16/h2-3,8,15H,4-7,9H2,1H3. The predicted octanol–water partition coefficient (Wildman–Crippen LogP) is 1.06. The second-order valence-corrected chi connectivity index (χ2v) is 4.21. The average molecular weight is 252 g/mol. The number of nitrogens with zero attached hydrogens (tertiary/aromatic N) is 1. The summed E-state index contributed by atoms with van der Waals surface area (Å²) in [5, 5.41) is 2.82. The number of nitrogens with one attached hydrogen (secondary N) is 1. The van der Waals surface area contributed by atoms with Gasteiger partial charge in [-0.3, -0.25) is 4.79 Å². The van der Waals surface area contributed by atoms with Crippen LogP contribution in [0.25, 0.3) is 0 Å². The topological polar surface area (TPSA) is 41.6 Å². The normalized spacial score (nSPS) is 15.8. The van der Waals surface area contributed by atoms with Gasteiger partial charge in [0.05, 0.1) is 25.4 Å². The molecule has 4 nitrogen and oxygen atoms in total. The number of ketones is 1. The summed E-state index contributed by atoms with van der Waals surface area (Å²) < 4.78 is 18.6. The zero-order chi connectivity index (χ0) is 13.0. The summed E-state index contributed by atoms with van der Waals surface area (Å²) in [6, 6.07) is 4.31. The van der Waals surface area contributed by atoms with Gasteiger partial charge in [-0.05, 0) is 25.2 Å². The molecule has 0 aromatic heterocycles. The minimum Gasteiger partial charge on any atom is -0.378 e. The fraction of sp³-hybridized carbons (Fsp3) is 0.462. The van der Waals surface area contributed by atoms with Gasteiger partial charge in [-0.15, -0.1) is 0 Å². The van der Waals surface area contributed by atoms with Crippen molar-refractivity contribution in [2.24, 2.45) is 0 Å². The fourth-order valence-corrected chi connectivity index (χ4v) is 2.06. The Labute approximate surface area is 106 Å². The molecule has 1 aliphatic rings. The van der Waals surface area contributed by atoms with Crippen LogP contribution in [-0.2, 0) is 4.74 Å². The molecule has 0 aliphatic carbocycles. The van der Waals surface area contributed by atoms with Crippen molar-refractivity contribution >= 4 is 11.5 Å². The van der Waals surface area contributed by atoms with Crippen LogP contribution in [0.2, 0.25) is 0 Å². The number of hydrogen-bond donors (Lipinski definition) is 1. The van der Waals surface area contributed by atoms with Crippen LogP contribution >= 0.6 is 0 Å². The molecule has 0 spiro atoms. The molecule has 5 heteroatoms. The summed E-state index contributed by atoms with van der Waals surface area (Å²) in [6.45, 7) is 2.84. The van der Waals surface area contributed by atoms with Crippen LogP contribution < -0.4 is 10.2 Å². The van der Waals surface area contributed by atoms with Gasteiger partial charge < -0.3 is 15.0 Å². The van der Waals surface area contributed by atoms with E-state index in [9.17, 15) is 9.18 Å². The maximum Gasteiger partial charge on any atom is 0.178 e. The van der Waals surface area contributed by atoms with Gasteiger partial charge in [0, 0.05) is 18.7 Å². The van der Waals surface area contributed by atoms with Crippen LogP contribution in [0.3, 0.4) is 0 Å². The Balaban J connectivity index is 2.30. The molecule has 0 atom stereocenters. The number of carbonyl (C=O) groups is 1. The lowest BCUT2D eigenvalue weighted by Gasteiger charge is -2.30. The van der Waals surface area contributed by atoms with Gasteiger partial charge >= 0.3 is 0 Å². The molecule has 0 saturated carbocycles. The van der Waals surface area contributed by atoms with E-state index in [1.807, 2.05) is 4.90 Å². The summed E-state index contributed by atoms with van der Waals surface area (Å²) in [7, 11) is 1.72.